The number of esters is 2. The van der Waals surface area contributed by atoms with Crippen molar-refractivity contribution in [3.63, 3.8) is 0 Å². The summed E-state index contributed by atoms with van der Waals surface area (Å²) in [7, 11) is 2.50. The van der Waals surface area contributed by atoms with Gasteiger partial charge in [0.25, 0.3) is 0 Å². The van der Waals surface area contributed by atoms with E-state index in [4.69, 9.17) is 9.47 Å². The van der Waals surface area contributed by atoms with E-state index < -0.39 is 17.4 Å². The summed E-state index contributed by atoms with van der Waals surface area (Å²) in [5, 5.41) is 0. The van der Waals surface area contributed by atoms with Crippen LogP contribution in [0.4, 0.5) is 0 Å². The van der Waals surface area contributed by atoms with E-state index in [0.29, 0.717) is 0 Å². The maximum atomic E-state index is 12.3. The van der Waals surface area contributed by atoms with Crippen LogP contribution in [-0.4, -0.2) is 26.2 Å². The highest BCUT2D eigenvalue weighted by Gasteiger charge is 2.51. The average Bonchev–Trinajstić information content (AvgIpc) is 3.03. The van der Waals surface area contributed by atoms with Gasteiger partial charge in [0.2, 0.25) is 0 Å². The minimum atomic E-state index is -1.49. The van der Waals surface area contributed by atoms with Crippen LogP contribution in [0.1, 0.15) is 24.5 Å². The number of ether oxygens (including phenoxy) is 2. The van der Waals surface area contributed by atoms with Gasteiger partial charge in [0.1, 0.15) is 0 Å². The van der Waals surface area contributed by atoms with Crippen molar-refractivity contribution in [2.45, 2.75) is 20.3 Å². The first kappa shape index (κ1) is 19.3. The molecule has 1 aromatic rings. The number of rotatable bonds is 3. The lowest BCUT2D eigenvalue weighted by Crippen LogP contribution is -2.38. The Morgan fingerprint density at radius 1 is 1.15 bits per heavy atom. The number of hydrogen-bond donors (Lipinski definition) is 0. The molecule has 0 heterocycles. The van der Waals surface area contributed by atoms with E-state index >= 15 is 0 Å². The van der Waals surface area contributed by atoms with Crippen LogP contribution in [0.5, 0.6) is 0 Å². The van der Waals surface area contributed by atoms with E-state index in [1.807, 2.05) is 38.1 Å². The molecule has 1 aliphatic rings. The van der Waals surface area contributed by atoms with Crippen LogP contribution < -0.4 is 0 Å². The summed E-state index contributed by atoms with van der Waals surface area (Å²) >= 11 is 0. The third-order valence-electron chi connectivity index (χ3n) is 4.28. The Bertz CT molecular complexity index is 842. The summed E-state index contributed by atoms with van der Waals surface area (Å²) in [6.45, 7) is 7.77. The number of methoxy groups -OCH3 is 2. The summed E-state index contributed by atoms with van der Waals surface area (Å²) in [4.78, 5) is 24.6. The number of carbonyl (C=O) groups is 2. The molecule has 1 aromatic carbocycles. The van der Waals surface area contributed by atoms with Gasteiger partial charge in [-0.2, -0.15) is 0 Å². The normalized spacial score (nSPS) is 16.3. The molecule has 4 heteroatoms. The molecule has 0 saturated heterocycles. The Hall–Kier alpha value is -3.06. The summed E-state index contributed by atoms with van der Waals surface area (Å²) in [5.41, 5.74) is 2.78. The van der Waals surface area contributed by atoms with Gasteiger partial charge in [0.15, 0.2) is 5.41 Å². The highest BCUT2D eigenvalue weighted by atomic mass is 16.5. The van der Waals surface area contributed by atoms with Gasteiger partial charge < -0.3 is 9.47 Å². The van der Waals surface area contributed by atoms with E-state index in [9.17, 15) is 9.59 Å². The summed E-state index contributed by atoms with van der Waals surface area (Å²) in [6.07, 6.45) is 3.43. The van der Waals surface area contributed by atoms with Gasteiger partial charge in [-0.25, -0.2) is 0 Å². The molecule has 0 amide bonds. The molecule has 0 bridgehead atoms. The van der Waals surface area contributed by atoms with Crippen molar-refractivity contribution >= 4 is 11.9 Å². The van der Waals surface area contributed by atoms with Crippen molar-refractivity contribution in [2.75, 3.05) is 14.2 Å². The fourth-order valence-electron chi connectivity index (χ4n) is 2.87. The van der Waals surface area contributed by atoms with Crippen molar-refractivity contribution in [1.82, 2.24) is 0 Å². The lowest BCUT2D eigenvalue weighted by molar-refractivity contribution is -0.164. The number of carbonyl (C=O) groups excluding carboxylic acids is 2. The van der Waals surface area contributed by atoms with Gasteiger partial charge in [0.05, 0.1) is 14.2 Å². The summed E-state index contributed by atoms with van der Waals surface area (Å²) in [5.74, 6) is 4.75. The smallest absolute Gasteiger partial charge is 0.327 e. The van der Waals surface area contributed by atoms with E-state index in [1.54, 1.807) is 12.2 Å². The second-order valence-electron chi connectivity index (χ2n) is 6.27. The lowest BCUT2D eigenvalue weighted by Gasteiger charge is -2.20. The summed E-state index contributed by atoms with van der Waals surface area (Å²) in [6, 6.07) is 7.87. The molecule has 0 saturated carbocycles. The van der Waals surface area contributed by atoms with E-state index in [2.05, 4.69) is 18.4 Å². The number of aryl methyl sites for hydroxylation is 1. The SMILES string of the molecule is C=C(C)C1=CC(C(=O)OC)(C(=O)OC)C/C1=C/C#Cc1ccc(C)cc1. The molecule has 0 fully saturated rings. The fourth-order valence-corrected chi connectivity index (χ4v) is 2.87. The molecule has 0 N–H and O–H groups in total. The average molecular weight is 350 g/mol. The Labute approximate surface area is 154 Å². The van der Waals surface area contributed by atoms with Crippen LogP contribution in [0.25, 0.3) is 0 Å². The second kappa shape index (κ2) is 7.88. The quantitative estimate of drug-likeness (QED) is 0.476. The molecule has 26 heavy (non-hydrogen) atoms. The van der Waals surface area contributed by atoms with Crippen LogP contribution in [0, 0.1) is 24.2 Å². The number of benzene rings is 1. The van der Waals surface area contributed by atoms with Gasteiger partial charge in [0, 0.05) is 12.0 Å². The van der Waals surface area contributed by atoms with Crippen LogP contribution in [0.15, 0.2) is 59.7 Å². The molecule has 2 rings (SSSR count). The molecule has 0 aromatic heterocycles. The van der Waals surface area contributed by atoms with Gasteiger partial charge in [-0.3, -0.25) is 9.59 Å². The molecule has 0 aliphatic heterocycles. The molecular formula is C22H22O4. The first-order valence-electron chi connectivity index (χ1n) is 8.17. The second-order valence-corrected chi connectivity index (χ2v) is 6.27. The predicted molar refractivity (Wildman–Crippen MR) is 100 cm³/mol. The third kappa shape index (κ3) is 3.78. The van der Waals surface area contributed by atoms with Crippen LogP contribution in [0.2, 0.25) is 0 Å². The van der Waals surface area contributed by atoms with Gasteiger partial charge in [-0.1, -0.05) is 41.7 Å². The Balaban J connectivity index is 2.42. The Morgan fingerprint density at radius 2 is 1.73 bits per heavy atom. The largest absolute Gasteiger partial charge is 0.468 e. The van der Waals surface area contributed by atoms with Gasteiger partial charge in [-0.15, -0.1) is 0 Å². The zero-order chi connectivity index (χ0) is 19.3. The third-order valence-corrected chi connectivity index (χ3v) is 4.28. The van der Waals surface area contributed by atoms with Crippen molar-refractivity contribution < 1.29 is 19.1 Å². The first-order chi connectivity index (χ1) is 12.3. The van der Waals surface area contributed by atoms with E-state index in [-0.39, 0.29) is 6.42 Å². The molecule has 0 radical (unpaired) electrons. The van der Waals surface area contributed by atoms with Crippen molar-refractivity contribution in [3.05, 3.63) is 70.8 Å². The minimum Gasteiger partial charge on any atom is -0.468 e. The van der Waals surface area contributed by atoms with E-state index in [0.717, 1.165) is 27.8 Å². The zero-order valence-corrected chi connectivity index (χ0v) is 15.5. The number of hydrogen-bond acceptors (Lipinski definition) is 4. The first-order valence-corrected chi connectivity index (χ1v) is 8.17. The summed E-state index contributed by atoms with van der Waals surface area (Å²) < 4.78 is 9.69. The van der Waals surface area contributed by atoms with Crippen molar-refractivity contribution in [3.8, 4) is 11.8 Å². The molecule has 0 atom stereocenters. The van der Waals surface area contributed by atoms with Gasteiger partial charge in [-0.05, 0) is 49.3 Å². The standard InChI is InChI=1S/C22H22O4/c1-15(2)19-14-22(20(23)25-4,21(24)26-5)13-18(19)8-6-7-17-11-9-16(3)10-12-17/h8-12,14H,1,13H2,2-5H3/b18-8-. The predicted octanol–water partition coefficient (Wildman–Crippen LogP) is 3.51. The zero-order valence-electron chi connectivity index (χ0n) is 15.5. The number of allylic oxidation sites excluding steroid dienone is 4. The highest BCUT2D eigenvalue weighted by molar-refractivity contribution is 6.04. The molecule has 1 aliphatic carbocycles. The van der Waals surface area contributed by atoms with Gasteiger partial charge >= 0.3 is 11.9 Å². The topological polar surface area (TPSA) is 52.6 Å². The molecule has 4 nitrogen and oxygen atoms in total. The lowest BCUT2D eigenvalue weighted by atomic mass is 9.86. The minimum absolute atomic E-state index is 0.136. The van der Waals surface area contributed by atoms with Crippen LogP contribution >= 0.6 is 0 Å². The molecule has 0 unspecified atom stereocenters. The van der Waals surface area contributed by atoms with E-state index in [1.165, 1.54) is 14.2 Å². The molecule has 0 spiro atoms. The van der Waals surface area contributed by atoms with Crippen LogP contribution in [-0.2, 0) is 19.1 Å². The maximum absolute atomic E-state index is 12.3. The molecular weight excluding hydrogens is 328 g/mol. The Kier molecular flexibility index (Phi) is 5.84. The van der Waals surface area contributed by atoms with Crippen molar-refractivity contribution in [1.29, 1.82) is 0 Å². The highest BCUT2D eigenvalue weighted by Crippen LogP contribution is 2.44. The maximum Gasteiger partial charge on any atom is 0.327 e. The van der Waals surface area contributed by atoms with Crippen molar-refractivity contribution in [2.24, 2.45) is 5.41 Å². The monoisotopic (exact) mass is 350 g/mol. The Morgan fingerprint density at radius 3 is 2.23 bits per heavy atom. The van der Waals surface area contributed by atoms with Crippen LogP contribution in [0.3, 0.4) is 0 Å². The fraction of sp³-hybridized carbons (Fsp3) is 0.273. The molecule has 134 valence electrons.